The number of carbonyl (C=O) groups excluding carboxylic acids is 1. The average molecular weight is 363 g/mol. The number of hydrogen-bond donors (Lipinski definition) is 1. The molecule has 3 heterocycles. The fourth-order valence-corrected chi connectivity index (χ4v) is 4.11. The van der Waals surface area contributed by atoms with Gasteiger partial charge in [0.2, 0.25) is 5.13 Å². The molecule has 0 aromatic carbocycles. The topological polar surface area (TPSA) is 89.2 Å². The number of aromatic nitrogens is 4. The van der Waals surface area contributed by atoms with Crippen LogP contribution < -0.4 is 10.9 Å². The molecule has 0 unspecified atom stereocenters. The normalized spacial score (nSPS) is 11.4. The number of anilines is 1. The van der Waals surface area contributed by atoms with Gasteiger partial charge in [-0.2, -0.15) is 0 Å². The van der Waals surface area contributed by atoms with Crippen molar-refractivity contribution in [1.29, 1.82) is 0 Å². The molecule has 9 heteroatoms. The predicted octanol–water partition coefficient (Wildman–Crippen LogP) is 2.68. The molecule has 0 saturated heterocycles. The van der Waals surface area contributed by atoms with E-state index in [0.717, 1.165) is 22.0 Å². The van der Waals surface area contributed by atoms with Crippen molar-refractivity contribution in [2.24, 2.45) is 5.92 Å². The first-order valence-electron chi connectivity index (χ1n) is 7.48. The van der Waals surface area contributed by atoms with Crippen molar-refractivity contribution < 1.29 is 4.79 Å². The van der Waals surface area contributed by atoms with Crippen LogP contribution in [0.3, 0.4) is 0 Å². The minimum Gasteiger partial charge on any atom is -0.296 e. The minimum atomic E-state index is -0.516. The summed E-state index contributed by atoms with van der Waals surface area (Å²) in [5.41, 5.74) is 0.428. The summed E-state index contributed by atoms with van der Waals surface area (Å²) < 4.78 is 1.47. The smallest absolute Gasteiger partial charge is 0.271 e. The molecular formula is C15H17N5O2S2. The quantitative estimate of drug-likeness (QED) is 0.770. The van der Waals surface area contributed by atoms with E-state index < -0.39 is 5.91 Å². The summed E-state index contributed by atoms with van der Waals surface area (Å²) in [5.74, 6) is -0.0556. The Labute approximate surface area is 146 Å². The number of nitrogens with zero attached hydrogens (tertiary/aromatic N) is 4. The molecule has 0 aliphatic rings. The van der Waals surface area contributed by atoms with E-state index in [-0.39, 0.29) is 11.1 Å². The van der Waals surface area contributed by atoms with Crippen molar-refractivity contribution in [3.05, 3.63) is 37.7 Å². The number of carbonyl (C=O) groups is 1. The lowest BCUT2D eigenvalue weighted by atomic mass is 10.1. The summed E-state index contributed by atoms with van der Waals surface area (Å²) in [4.78, 5) is 30.8. The molecule has 3 aromatic rings. The van der Waals surface area contributed by atoms with Crippen molar-refractivity contribution in [1.82, 2.24) is 19.6 Å². The van der Waals surface area contributed by atoms with Crippen LogP contribution in [-0.2, 0) is 6.42 Å². The predicted molar refractivity (Wildman–Crippen MR) is 95.2 cm³/mol. The van der Waals surface area contributed by atoms with Crippen LogP contribution >= 0.6 is 22.7 Å². The first-order chi connectivity index (χ1) is 11.4. The standard InChI is InChI=1S/C15H17N5O2S2/c1-7(2)5-11-18-19-14(24-11)17-12(21)10-6-16-15-20(13(10)22)8(3)9(4)23-15/h6-7H,5H2,1-4H3,(H,17,19,21). The SMILES string of the molecule is Cc1sc2ncc(C(=O)Nc3nnc(CC(C)C)s3)c(=O)n2c1C. The average Bonchev–Trinajstić information content (AvgIpc) is 3.04. The molecule has 24 heavy (non-hydrogen) atoms. The molecule has 0 atom stereocenters. The second kappa shape index (κ2) is 6.40. The van der Waals surface area contributed by atoms with Gasteiger partial charge in [-0.3, -0.25) is 19.3 Å². The number of amides is 1. The van der Waals surface area contributed by atoms with Gasteiger partial charge in [-0.25, -0.2) is 4.98 Å². The van der Waals surface area contributed by atoms with Crippen LogP contribution in [0.4, 0.5) is 5.13 Å². The number of aryl methyl sites for hydroxylation is 2. The number of nitrogens with one attached hydrogen (secondary N) is 1. The first-order valence-corrected chi connectivity index (χ1v) is 9.11. The summed E-state index contributed by atoms with van der Waals surface area (Å²) in [7, 11) is 0. The summed E-state index contributed by atoms with van der Waals surface area (Å²) in [6, 6.07) is 0. The Kier molecular flexibility index (Phi) is 4.46. The summed E-state index contributed by atoms with van der Waals surface area (Å²) in [6.45, 7) is 7.94. The fourth-order valence-electron chi connectivity index (χ4n) is 2.23. The molecule has 126 valence electrons. The highest BCUT2D eigenvalue weighted by Gasteiger charge is 2.18. The molecule has 3 rings (SSSR count). The Morgan fingerprint density at radius 3 is 2.75 bits per heavy atom. The maximum absolute atomic E-state index is 12.6. The number of rotatable bonds is 4. The van der Waals surface area contributed by atoms with E-state index in [9.17, 15) is 9.59 Å². The first kappa shape index (κ1) is 16.7. The lowest BCUT2D eigenvalue weighted by molar-refractivity contribution is 0.102. The summed E-state index contributed by atoms with van der Waals surface area (Å²) >= 11 is 2.75. The Hall–Kier alpha value is -2.13. The van der Waals surface area contributed by atoms with Gasteiger partial charge < -0.3 is 0 Å². The van der Waals surface area contributed by atoms with Gasteiger partial charge in [0.15, 0.2) is 4.96 Å². The number of thiazole rings is 1. The van der Waals surface area contributed by atoms with E-state index in [1.165, 1.54) is 33.3 Å². The van der Waals surface area contributed by atoms with Gasteiger partial charge in [-0.15, -0.1) is 21.5 Å². The van der Waals surface area contributed by atoms with Gasteiger partial charge >= 0.3 is 0 Å². The lowest BCUT2D eigenvalue weighted by Crippen LogP contribution is -2.26. The minimum absolute atomic E-state index is 0.00555. The Morgan fingerprint density at radius 2 is 2.04 bits per heavy atom. The van der Waals surface area contributed by atoms with Crippen LogP contribution in [0.2, 0.25) is 0 Å². The highest BCUT2D eigenvalue weighted by atomic mass is 32.1. The van der Waals surface area contributed by atoms with Gasteiger partial charge in [0.05, 0.1) is 0 Å². The molecule has 0 aliphatic heterocycles. The molecule has 0 spiro atoms. The molecule has 3 aromatic heterocycles. The van der Waals surface area contributed by atoms with Crippen molar-refractivity contribution in [3.8, 4) is 0 Å². The van der Waals surface area contributed by atoms with Crippen LogP contribution in [0.25, 0.3) is 4.96 Å². The number of fused-ring (bicyclic) bond motifs is 1. The third-order valence-electron chi connectivity index (χ3n) is 3.53. The summed E-state index contributed by atoms with van der Waals surface area (Å²) in [5, 5.41) is 11.9. The zero-order valence-electron chi connectivity index (χ0n) is 13.8. The van der Waals surface area contributed by atoms with Crippen molar-refractivity contribution in [2.45, 2.75) is 34.1 Å². The van der Waals surface area contributed by atoms with E-state index in [2.05, 4.69) is 34.3 Å². The molecular weight excluding hydrogens is 346 g/mol. The second-order valence-corrected chi connectivity index (χ2v) is 8.14. The van der Waals surface area contributed by atoms with Crippen LogP contribution in [0.15, 0.2) is 11.0 Å². The van der Waals surface area contributed by atoms with Gasteiger partial charge in [-0.1, -0.05) is 25.2 Å². The van der Waals surface area contributed by atoms with Crippen LogP contribution in [0.1, 0.15) is 39.8 Å². The van der Waals surface area contributed by atoms with Crippen LogP contribution in [0, 0.1) is 19.8 Å². The molecule has 0 aliphatic carbocycles. The Balaban J connectivity index is 1.89. The van der Waals surface area contributed by atoms with Crippen LogP contribution in [-0.4, -0.2) is 25.5 Å². The fraction of sp³-hybridized carbons (Fsp3) is 0.400. The van der Waals surface area contributed by atoms with Crippen LogP contribution in [0.5, 0.6) is 0 Å². The molecule has 0 radical (unpaired) electrons. The largest absolute Gasteiger partial charge is 0.296 e. The maximum Gasteiger partial charge on any atom is 0.271 e. The van der Waals surface area contributed by atoms with Gasteiger partial charge in [-0.05, 0) is 19.8 Å². The Morgan fingerprint density at radius 1 is 1.29 bits per heavy atom. The molecule has 0 bridgehead atoms. The van der Waals surface area contributed by atoms with Gasteiger partial charge in [0.25, 0.3) is 11.5 Å². The molecule has 0 fully saturated rings. The van der Waals surface area contributed by atoms with Gasteiger partial charge in [0, 0.05) is 23.2 Å². The molecule has 1 N–H and O–H groups in total. The van der Waals surface area contributed by atoms with E-state index in [0.29, 0.717) is 16.0 Å². The van der Waals surface area contributed by atoms with E-state index in [4.69, 9.17) is 0 Å². The monoisotopic (exact) mass is 363 g/mol. The van der Waals surface area contributed by atoms with Crippen molar-refractivity contribution in [3.63, 3.8) is 0 Å². The zero-order valence-corrected chi connectivity index (χ0v) is 15.4. The molecule has 0 saturated carbocycles. The van der Waals surface area contributed by atoms with Crippen molar-refractivity contribution >= 4 is 38.7 Å². The van der Waals surface area contributed by atoms with E-state index >= 15 is 0 Å². The lowest BCUT2D eigenvalue weighted by Gasteiger charge is -2.02. The second-order valence-electron chi connectivity index (χ2n) is 5.89. The molecule has 1 amide bonds. The summed E-state index contributed by atoms with van der Waals surface area (Å²) in [6.07, 6.45) is 2.12. The van der Waals surface area contributed by atoms with E-state index in [1.807, 2.05) is 13.8 Å². The zero-order chi connectivity index (χ0) is 17.4. The third kappa shape index (κ3) is 3.09. The number of hydrogen-bond acceptors (Lipinski definition) is 7. The third-order valence-corrected chi connectivity index (χ3v) is 5.47. The van der Waals surface area contributed by atoms with E-state index in [1.54, 1.807) is 0 Å². The maximum atomic E-state index is 12.6. The highest BCUT2D eigenvalue weighted by Crippen LogP contribution is 2.20. The Bertz CT molecular complexity index is 970. The van der Waals surface area contributed by atoms with Gasteiger partial charge in [0.1, 0.15) is 10.6 Å². The molecule has 7 nitrogen and oxygen atoms in total. The van der Waals surface area contributed by atoms with Crippen molar-refractivity contribution in [2.75, 3.05) is 5.32 Å². The highest BCUT2D eigenvalue weighted by molar-refractivity contribution is 7.17.